The highest BCUT2D eigenvalue weighted by Gasteiger charge is 2.36. The number of ether oxygens (including phenoxy) is 1. The van der Waals surface area contributed by atoms with Gasteiger partial charge >= 0.3 is 0 Å². The summed E-state index contributed by atoms with van der Waals surface area (Å²) < 4.78 is 9.68. The number of nitrogen functional groups attached to an aromatic ring is 1. The zero-order valence-corrected chi connectivity index (χ0v) is 22.5. The molecule has 1 saturated heterocycles. The fourth-order valence-electron chi connectivity index (χ4n) is 4.39. The molecule has 1 aliphatic heterocycles. The molecule has 0 unspecified atom stereocenters. The summed E-state index contributed by atoms with van der Waals surface area (Å²) in [6.45, 7) is 2.89. The van der Waals surface area contributed by atoms with E-state index in [1.807, 2.05) is 68.4 Å². The average molecular weight is 537 g/mol. The van der Waals surface area contributed by atoms with Crippen LogP contribution in [0.2, 0.25) is 0 Å². The van der Waals surface area contributed by atoms with Crippen molar-refractivity contribution >= 4 is 46.3 Å². The fourth-order valence-corrected chi connectivity index (χ4v) is 5.13. The fraction of sp³-hybridized carbons (Fsp3) is 0.333. The van der Waals surface area contributed by atoms with Gasteiger partial charge in [-0.1, -0.05) is 24.3 Å². The maximum atomic E-state index is 14.1. The Morgan fingerprint density at radius 3 is 2.47 bits per heavy atom. The van der Waals surface area contributed by atoms with Crippen LogP contribution in [0, 0.1) is 6.92 Å². The number of benzene rings is 2. The molecule has 1 aromatic heterocycles. The van der Waals surface area contributed by atoms with Crippen molar-refractivity contribution in [1.82, 2.24) is 9.69 Å². The van der Waals surface area contributed by atoms with Crippen LogP contribution in [-0.2, 0) is 9.53 Å². The highest BCUT2D eigenvalue weighted by atomic mass is 32.1. The van der Waals surface area contributed by atoms with Crippen LogP contribution >= 0.6 is 11.5 Å². The van der Waals surface area contributed by atoms with Crippen LogP contribution in [0.1, 0.15) is 50.2 Å². The molecule has 2 aromatic carbocycles. The lowest BCUT2D eigenvalue weighted by Gasteiger charge is -2.32. The van der Waals surface area contributed by atoms with E-state index in [4.69, 9.17) is 16.2 Å². The van der Waals surface area contributed by atoms with Gasteiger partial charge in [0.15, 0.2) is 5.69 Å². The standard InChI is InChI=1S/C27H32N6O4S/c1-16-6-4-7-19(14-16)33(27(36)24-21(28)22(25(29)34)31-38-24)23(17-9-11-18(12-10-17)32(2)3)26(35)30-15-20-8-5-13-37-20/h4,6-7,9-12,14,20,23H,5,8,13,15,28H2,1-3H3,(H2,29,34)(H,30,35)/t20-,23+/m1/s1. The van der Waals surface area contributed by atoms with Crippen LogP contribution < -0.4 is 26.6 Å². The first-order valence-electron chi connectivity index (χ1n) is 12.3. The lowest BCUT2D eigenvalue weighted by Crippen LogP contribution is -2.45. The van der Waals surface area contributed by atoms with Gasteiger partial charge in [-0.3, -0.25) is 19.3 Å². The first kappa shape index (κ1) is 27.1. The third-order valence-corrected chi connectivity index (χ3v) is 7.26. The SMILES string of the molecule is Cc1cccc(N(C(=O)c2snc(C(N)=O)c2N)[C@H](C(=O)NC[C@H]2CCCO2)c2ccc(N(C)C)cc2)c1. The van der Waals surface area contributed by atoms with E-state index < -0.39 is 17.9 Å². The molecule has 0 radical (unpaired) electrons. The first-order valence-corrected chi connectivity index (χ1v) is 13.1. The molecule has 5 N–H and O–H groups in total. The van der Waals surface area contributed by atoms with Crippen molar-refractivity contribution in [2.45, 2.75) is 31.9 Å². The Bertz CT molecular complexity index is 1320. The summed E-state index contributed by atoms with van der Waals surface area (Å²) in [5.41, 5.74) is 14.2. The van der Waals surface area contributed by atoms with E-state index in [2.05, 4.69) is 9.69 Å². The smallest absolute Gasteiger partial charge is 0.273 e. The number of carbonyl (C=O) groups is 3. The molecule has 3 amide bonds. The van der Waals surface area contributed by atoms with Crippen LogP contribution in [0.5, 0.6) is 0 Å². The Labute approximate surface area is 225 Å². The van der Waals surface area contributed by atoms with Crippen LogP contribution in [-0.4, -0.2) is 55.4 Å². The van der Waals surface area contributed by atoms with E-state index in [0.29, 0.717) is 24.4 Å². The maximum Gasteiger partial charge on any atom is 0.273 e. The second-order valence-corrected chi connectivity index (χ2v) is 10.2. The topological polar surface area (TPSA) is 144 Å². The van der Waals surface area contributed by atoms with Gasteiger partial charge in [-0.2, -0.15) is 4.37 Å². The van der Waals surface area contributed by atoms with E-state index in [0.717, 1.165) is 35.6 Å². The Kier molecular flexibility index (Phi) is 8.28. The van der Waals surface area contributed by atoms with Gasteiger partial charge in [-0.15, -0.1) is 0 Å². The Morgan fingerprint density at radius 2 is 1.89 bits per heavy atom. The van der Waals surface area contributed by atoms with Crippen molar-refractivity contribution in [2.75, 3.05) is 42.8 Å². The number of amides is 3. The number of nitrogens with two attached hydrogens (primary N) is 2. The molecule has 3 aromatic rings. The van der Waals surface area contributed by atoms with Crippen LogP contribution in [0.4, 0.5) is 17.1 Å². The zero-order chi connectivity index (χ0) is 27.4. The largest absolute Gasteiger partial charge is 0.395 e. The van der Waals surface area contributed by atoms with E-state index in [-0.39, 0.29) is 28.3 Å². The van der Waals surface area contributed by atoms with Gasteiger partial charge in [0.25, 0.3) is 11.8 Å². The molecule has 2 heterocycles. The third kappa shape index (κ3) is 5.79. The summed E-state index contributed by atoms with van der Waals surface area (Å²) in [6, 6.07) is 13.7. The van der Waals surface area contributed by atoms with Gasteiger partial charge in [0.2, 0.25) is 5.91 Å². The van der Waals surface area contributed by atoms with E-state index in [1.54, 1.807) is 6.07 Å². The minimum atomic E-state index is -1.04. The molecule has 10 nitrogen and oxygen atoms in total. The third-order valence-electron chi connectivity index (χ3n) is 6.41. The quantitative estimate of drug-likeness (QED) is 0.381. The molecular formula is C27H32N6O4S. The number of carbonyl (C=O) groups excluding carboxylic acids is 3. The van der Waals surface area contributed by atoms with Gasteiger partial charge in [0.05, 0.1) is 11.8 Å². The normalized spacial score (nSPS) is 15.6. The summed E-state index contributed by atoms with van der Waals surface area (Å²) in [5.74, 6) is -1.76. The number of nitrogens with one attached hydrogen (secondary N) is 1. The van der Waals surface area contributed by atoms with Crippen molar-refractivity contribution in [2.24, 2.45) is 5.73 Å². The number of rotatable bonds is 9. The van der Waals surface area contributed by atoms with Crippen molar-refractivity contribution in [1.29, 1.82) is 0 Å². The minimum Gasteiger partial charge on any atom is -0.395 e. The highest BCUT2D eigenvalue weighted by Crippen LogP contribution is 2.34. The van der Waals surface area contributed by atoms with E-state index in [1.165, 1.54) is 4.90 Å². The molecular weight excluding hydrogens is 504 g/mol. The Morgan fingerprint density at radius 1 is 1.16 bits per heavy atom. The second-order valence-electron chi connectivity index (χ2n) is 9.42. The first-order chi connectivity index (χ1) is 18.2. The van der Waals surface area contributed by atoms with E-state index in [9.17, 15) is 14.4 Å². The Balaban J connectivity index is 1.82. The molecule has 2 atom stereocenters. The molecule has 200 valence electrons. The predicted molar refractivity (Wildman–Crippen MR) is 149 cm³/mol. The van der Waals surface area contributed by atoms with Crippen LogP contribution in [0.15, 0.2) is 48.5 Å². The summed E-state index contributed by atoms with van der Waals surface area (Å²) >= 11 is 0.779. The van der Waals surface area contributed by atoms with Gasteiger partial charge < -0.3 is 26.4 Å². The number of hydrogen-bond acceptors (Lipinski definition) is 8. The summed E-state index contributed by atoms with van der Waals surface area (Å²) in [7, 11) is 3.85. The lowest BCUT2D eigenvalue weighted by molar-refractivity contribution is -0.123. The highest BCUT2D eigenvalue weighted by molar-refractivity contribution is 7.09. The minimum absolute atomic E-state index is 0.0298. The van der Waals surface area contributed by atoms with Gasteiger partial charge in [-0.25, -0.2) is 0 Å². The number of hydrogen-bond donors (Lipinski definition) is 3. The molecule has 0 saturated carbocycles. The van der Waals surface area contributed by atoms with Crippen molar-refractivity contribution in [3.63, 3.8) is 0 Å². The number of aromatic nitrogens is 1. The van der Waals surface area contributed by atoms with Crippen LogP contribution in [0.3, 0.4) is 0 Å². The predicted octanol–water partition coefficient (Wildman–Crippen LogP) is 2.88. The van der Waals surface area contributed by atoms with Crippen molar-refractivity contribution in [3.05, 3.63) is 70.2 Å². The average Bonchev–Trinajstić information content (AvgIpc) is 3.55. The molecule has 11 heteroatoms. The van der Waals surface area contributed by atoms with Gasteiger partial charge in [0, 0.05) is 38.6 Å². The molecule has 0 bridgehead atoms. The van der Waals surface area contributed by atoms with Gasteiger partial charge in [0.1, 0.15) is 10.9 Å². The lowest BCUT2D eigenvalue weighted by atomic mass is 10.0. The summed E-state index contributed by atoms with van der Waals surface area (Å²) in [6.07, 6.45) is 1.72. The summed E-state index contributed by atoms with van der Waals surface area (Å²) in [5, 5.41) is 2.98. The van der Waals surface area contributed by atoms with Crippen LogP contribution in [0.25, 0.3) is 0 Å². The van der Waals surface area contributed by atoms with Gasteiger partial charge in [-0.05, 0) is 66.7 Å². The number of anilines is 3. The molecule has 1 fully saturated rings. The molecule has 1 aliphatic rings. The van der Waals surface area contributed by atoms with Crippen molar-refractivity contribution in [3.8, 4) is 0 Å². The number of primary amides is 1. The van der Waals surface area contributed by atoms with E-state index >= 15 is 0 Å². The molecule has 0 spiro atoms. The van der Waals surface area contributed by atoms with Crippen molar-refractivity contribution < 1.29 is 19.1 Å². The summed E-state index contributed by atoms with van der Waals surface area (Å²) in [4.78, 5) is 43.1. The molecule has 4 rings (SSSR count). The maximum absolute atomic E-state index is 14.1. The molecule has 0 aliphatic carbocycles. The monoisotopic (exact) mass is 536 g/mol. The second kappa shape index (κ2) is 11.6. The molecule has 38 heavy (non-hydrogen) atoms. The number of nitrogens with zero attached hydrogens (tertiary/aromatic N) is 3. The zero-order valence-electron chi connectivity index (χ0n) is 21.6. The number of aryl methyl sites for hydroxylation is 1. The Hall–Kier alpha value is -3.96.